The molecule has 0 saturated heterocycles. The van der Waals surface area contributed by atoms with Gasteiger partial charge >= 0.3 is 0 Å². The Kier molecular flexibility index (Phi) is 19.0. The van der Waals surface area contributed by atoms with Crippen molar-refractivity contribution in [1.82, 2.24) is 0 Å². The fourth-order valence-corrected chi connectivity index (χ4v) is 7.89. The van der Waals surface area contributed by atoms with Gasteiger partial charge in [0, 0.05) is 0 Å². The summed E-state index contributed by atoms with van der Waals surface area (Å²) in [4.78, 5) is 0. The van der Waals surface area contributed by atoms with E-state index in [-0.39, 0.29) is 0 Å². The molecule has 0 radical (unpaired) electrons. The van der Waals surface area contributed by atoms with E-state index in [1.165, 1.54) is 89.0 Å². The van der Waals surface area contributed by atoms with Crippen molar-refractivity contribution < 1.29 is 0 Å². The van der Waals surface area contributed by atoms with Crippen molar-refractivity contribution in [3.8, 4) is 11.1 Å². The van der Waals surface area contributed by atoms with Gasteiger partial charge in [0.15, 0.2) is 0 Å². The zero-order chi connectivity index (χ0) is 48.6. The third kappa shape index (κ3) is 16.2. The van der Waals surface area contributed by atoms with E-state index in [0.717, 1.165) is 12.8 Å². The first-order chi connectivity index (χ1) is 34.4. The van der Waals surface area contributed by atoms with Crippen LogP contribution >= 0.6 is 0 Å². The Morgan fingerprint density at radius 1 is 0.243 bits per heavy atom. The van der Waals surface area contributed by atoms with Crippen molar-refractivity contribution in [3.63, 3.8) is 0 Å². The Morgan fingerprint density at radius 2 is 0.486 bits per heavy atom. The highest BCUT2D eigenvalue weighted by molar-refractivity contribution is 5.93. The molecule has 0 unspecified atom stereocenters. The molecular weight excluding hydrogens is 841 g/mol. The molecule has 0 amide bonds. The van der Waals surface area contributed by atoms with E-state index in [2.05, 4.69) is 283 Å². The first-order valence-corrected chi connectivity index (χ1v) is 24.4. The van der Waals surface area contributed by atoms with Crippen molar-refractivity contribution in [2.45, 2.75) is 40.5 Å². The van der Waals surface area contributed by atoms with Gasteiger partial charge < -0.3 is 0 Å². The minimum absolute atomic E-state index is 1.13. The summed E-state index contributed by atoms with van der Waals surface area (Å²) in [6.45, 7) is 8.42. The third-order valence-electron chi connectivity index (χ3n) is 11.9. The van der Waals surface area contributed by atoms with E-state index in [4.69, 9.17) is 0 Å². The molecular formula is C70H64. The molecule has 344 valence electrons. The lowest BCUT2D eigenvalue weighted by atomic mass is 9.94. The van der Waals surface area contributed by atoms with Gasteiger partial charge in [-0.15, -0.1) is 0 Å². The second kappa shape index (κ2) is 26.9. The Bertz CT molecular complexity index is 2840. The van der Waals surface area contributed by atoms with Crippen molar-refractivity contribution >= 4 is 23.3 Å². The van der Waals surface area contributed by atoms with Crippen molar-refractivity contribution in [2.24, 2.45) is 0 Å². The summed E-state index contributed by atoms with van der Waals surface area (Å²) in [5.41, 5.74) is 20.1. The molecule has 0 saturated carbocycles. The molecule has 10 aromatic carbocycles. The quantitative estimate of drug-likeness (QED) is 0.120. The van der Waals surface area contributed by atoms with Crippen LogP contribution in [0.1, 0.15) is 66.8 Å². The highest BCUT2D eigenvalue weighted by atomic mass is 14.1. The van der Waals surface area contributed by atoms with E-state index in [0.29, 0.717) is 0 Å². The lowest BCUT2D eigenvalue weighted by Crippen LogP contribution is -1.89. The first kappa shape index (κ1) is 49.6. The van der Waals surface area contributed by atoms with Crippen LogP contribution < -0.4 is 0 Å². The minimum Gasteiger partial charge on any atom is -0.0622 e. The maximum absolute atomic E-state index is 2.29. The molecule has 0 fully saturated rings. The summed E-state index contributed by atoms with van der Waals surface area (Å²) in [6, 6.07) is 98.3. The van der Waals surface area contributed by atoms with Gasteiger partial charge in [0.05, 0.1) is 0 Å². The Balaban J connectivity index is 0.000000206. The zero-order valence-electron chi connectivity index (χ0n) is 41.1. The summed E-state index contributed by atoms with van der Waals surface area (Å²) < 4.78 is 0. The van der Waals surface area contributed by atoms with Crippen molar-refractivity contribution in [2.75, 3.05) is 0 Å². The van der Waals surface area contributed by atoms with E-state index < -0.39 is 0 Å². The molecule has 0 heterocycles. The van der Waals surface area contributed by atoms with E-state index in [1.807, 2.05) is 36.4 Å². The van der Waals surface area contributed by atoms with Crippen molar-refractivity contribution in [1.29, 1.82) is 0 Å². The second-order valence-electron chi connectivity index (χ2n) is 17.6. The summed E-state index contributed by atoms with van der Waals surface area (Å²) >= 11 is 0. The van der Waals surface area contributed by atoms with Crippen LogP contribution in [0.4, 0.5) is 0 Å². The summed E-state index contributed by atoms with van der Waals surface area (Å²) in [5, 5.41) is 0. The summed E-state index contributed by atoms with van der Waals surface area (Å²) in [6.07, 6.45) is 6.83. The van der Waals surface area contributed by atoms with Crippen LogP contribution in [0.5, 0.6) is 0 Å². The topological polar surface area (TPSA) is 0 Å². The summed E-state index contributed by atoms with van der Waals surface area (Å²) in [7, 11) is 0. The fraction of sp³-hybridized carbons (Fsp3) is 0.0857. The number of benzene rings is 10. The lowest BCUT2D eigenvalue weighted by molar-refractivity contribution is 0.960. The first-order valence-electron chi connectivity index (χ1n) is 24.4. The van der Waals surface area contributed by atoms with Gasteiger partial charge in [-0.3, -0.25) is 0 Å². The molecule has 10 aromatic rings. The smallest absolute Gasteiger partial charge is 0.0105 e. The molecule has 0 aliphatic carbocycles. The van der Waals surface area contributed by atoms with Crippen LogP contribution in [0, 0.1) is 27.7 Å². The SMILES string of the molecule is Cc1ccc(/C(=C/c2ccc(-c3ccc(/C=C(\c4ccccc4)c4ccc(C)cc4)cc3)cc2)c2ccccc2)cc1.Cc1ccccc1.Cc1ccccc1.c1ccc(CCc2ccccc2)cc1. The molecule has 0 N–H and O–H groups in total. The van der Waals surface area contributed by atoms with Crippen LogP contribution in [0.2, 0.25) is 0 Å². The lowest BCUT2D eigenvalue weighted by Gasteiger charge is -2.11. The van der Waals surface area contributed by atoms with Gasteiger partial charge in [-0.1, -0.05) is 301 Å². The van der Waals surface area contributed by atoms with E-state index >= 15 is 0 Å². The third-order valence-corrected chi connectivity index (χ3v) is 11.9. The van der Waals surface area contributed by atoms with Gasteiger partial charge in [-0.05, 0) is 119 Å². The van der Waals surface area contributed by atoms with Crippen LogP contribution in [0.25, 0.3) is 34.4 Å². The average molecular weight is 905 g/mol. The number of rotatable bonds is 10. The Hall–Kier alpha value is -8.32. The standard InChI is InChI=1S/C42H34.C14H14.2C7H8/c1-31-13-21-39(22-14-31)41(37-9-5-3-6-10-37)29-33-17-25-35(26-18-33)36-27-19-34(20-28-36)30-42(38-11-7-4-8-12-38)40-23-15-32(2)16-24-40;1-3-7-13(8-4-1)11-12-14-9-5-2-6-10-14;2*1-7-5-3-2-4-6-7/h3-30H,1-2H3;1-10H,11-12H2;2*2-6H,1H3/b41-29+,42-30+;;;. The number of aryl methyl sites for hydroxylation is 6. The predicted molar refractivity (Wildman–Crippen MR) is 304 cm³/mol. The van der Waals surface area contributed by atoms with Gasteiger partial charge in [0.2, 0.25) is 0 Å². The van der Waals surface area contributed by atoms with Crippen molar-refractivity contribution in [3.05, 3.63) is 346 Å². The molecule has 10 rings (SSSR count). The zero-order valence-corrected chi connectivity index (χ0v) is 41.1. The Labute approximate surface area is 418 Å². The van der Waals surface area contributed by atoms with E-state index in [1.54, 1.807) is 0 Å². The maximum Gasteiger partial charge on any atom is -0.0105 e. The Morgan fingerprint density at radius 3 is 0.757 bits per heavy atom. The van der Waals surface area contributed by atoms with E-state index in [9.17, 15) is 0 Å². The predicted octanol–water partition coefficient (Wildman–Crippen LogP) is 18.6. The summed E-state index contributed by atoms with van der Waals surface area (Å²) in [5.74, 6) is 0. The minimum atomic E-state index is 1.13. The molecule has 0 aromatic heterocycles. The number of hydrogen-bond acceptors (Lipinski definition) is 0. The maximum atomic E-state index is 2.29. The van der Waals surface area contributed by atoms with Crippen LogP contribution in [0.3, 0.4) is 0 Å². The number of hydrogen-bond donors (Lipinski definition) is 0. The second-order valence-corrected chi connectivity index (χ2v) is 17.6. The van der Waals surface area contributed by atoms with Gasteiger partial charge in [-0.2, -0.15) is 0 Å². The molecule has 0 aliphatic rings. The molecule has 0 spiro atoms. The molecule has 0 heteroatoms. The van der Waals surface area contributed by atoms with Crippen LogP contribution in [-0.4, -0.2) is 0 Å². The largest absolute Gasteiger partial charge is 0.0622 e. The van der Waals surface area contributed by atoms with Gasteiger partial charge in [0.1, 0.15) is 0 Å². The van der Waals surface area contributed by atoms with Crippen LogP contribution in [0.15, 0.2) is 279 Å². The fourth-order valence-electron chi connectivity index (χ4n) is 7.89. The highest BCUT2D eigenvalue weighted by Crippen LogP contribution is 2.30. The molecule has 70 heavy (non-hydrogen) atoms. The molecule has 0 atom stereocenters. The molecule has 0 nitrogen and oxygen atoms in total. The molecule has 0 aliphatic heterocycles. The van der Waals surface area contributed by atoms with Crippen LogP contribution in [-0.2, 0) is 12.8 Å². The monoisotopic (exact) mass is 905 g/mol. The van der Waals surface area contributed by atoms with Gasteiger partial charge in [0.25, 0.3) is 0 Å². The normalized spacial score (nSPS) is 10.9. The highest BCUT2D eigenvalue weighted by Gasteiger charge is 2.08. The average Bonchev–Trinajstić information content (AvgIpc) is 3.42. The molecule has 0 bridgehead atoms. The van der Waals surface area contributed by atoms with Gasteiger partial charge in [-0.25, -0.2) is 0 Å².